The van der Waals surface area contributed by atoms with E-state index in [0.29, 0.717) is 11.3 Å². The fourth-order valence-electron chi connectivity index (χ4n) is 1.47. The molecule has 0 saturated heterocycles. The molecule has 0 saturated carbocycles. The average molecular weight is 266 g/mol. The van der Waals surface area contributed by atoms with Crippen LogP contribution in [0.3, 0.4) is 0 Å². The van der Waals surface area contributed by atoms with E-state index in [1.54, 1.807) is 13.0 Å². The van der Waals surface area contributed by atoms with Gasteiger partial charge in [-0.3, -0.25) is 14.9 Å². The van der Waals surface area contributed by atoms with Crippen LogP contribution in [-0.2, 0) is 9.53 Å². The summed E-state index contributed by atoms with van der Waals surface area (Å²) in [5, 5.41) is 13.3. The molecule has 6 nitrogen and oxygen atoms in total. The summed E-state index contributed by atoms with van der Waals surface area (Å²) in [6.45, 7) is 5.47. The summed E-state index contributed by atoms with van der Waals surface area (Å²) in [5.41, 5.74) is 1.07. The number of carbonyl (C=O) groups excluding carboxylic acids is 1. The number of amides is 1. The van der Waals surface area contributed by atoms with Crippen LogP contribution in [0.5, 0.6) is 0 Å². The molecular formula is C13H18N2O4. The maximum absolute atomic E-state index is 11.6. The zero-order valence-corrected chi connectivity index (χ0v) is 11.3. The van der Waals surface area contributed by atoms with Crippen LogP contribution in [0.25, 0.3) is 0 Å². The van der Waals surface area contributed by atoms with Crippen molar-refractivity contribution in [1.82, 2.24) is 0 Å². The molecule has 1 atom stereocenters. The summed E-state index contributed by atoms with van der Waals surface area (Å²) in [7, 11) is 0. The minimum Gasteiger partial charge on any atom is -0.369 e. The number of carbonyl (C=O) groups is 1. The predicted molar refractivity (Wildman–Crippen MR) is 72.2 cm³/mol. The van der Waals surface area contributed by atoms with Crippen LogP contribution in [0.4, 0.5) is 11.4 Å². The van der Waals surface area contributed by atoms with Crippen molar-refractivity contribution in [1.29, 1.82) is 0 Å². The van der Waals surface area contributed by atoms with Gasteiger partial charge in [0.2, 0.25) is 5.91 Å². The quantitative estimate of drug-likeness (QED) is 0.634. The van der Waals surface area contributed by atoms with Gasteiger partial charge in [0, 0.05) is 17.3 Å². The molecule has 0 heterocycles. The van der Waals surface area contributed by atoms with E-state index in [1.165, 1.54) is 12.1 Å². The Hall–Kier alpha value is -1.95. The first kappa shape index (κ1) is 15.1. The zero-order valence-electron chi connectivity index (χ0n) is 11.3. The number of benzene rings is 1. The Bertz CT molecular complexity index is 474. The normalized spacial score (nSPS) is 11.9. The van der Waals surface area contributed by atoms with Gasteiger partial charge < -0.3 is 10.1 Å². The summed E-state index contributed by atoms with van der Waals surface area (Å²) < 4.78 is 5.30. The standard InChI is InChI=1S/C13H18N2O4/c1-4-10(3)19-8-13(16)14-11-5-6-12(15(17)18)9(2)7-11/h5-7,10H,4,8H2,1-3H3,(H,14,16)/t10-/m0/s1. The molecule has 0 spiro atoms. The molecule has 1 N–H and O–H groups in total. The highest BCUT2D eigenvalue weighted by atomic mass is 16.6. The Balaban J connectivity index is 2.60. The minimum absolute atomic E-state index is 0.0228. The SMILES string of the molecule is CC[C@H](C)OCC(=O)Nc1ccc([N+](=O)[O-])c(C)c1. The van der Waals surface area contributed by atoms with E-state index in [1.807, 2.05) is 13.8 Å². The van der Waals surface area contributed by atoms with Crippen LogP contribution in [0.1, 0.15) is 25.8 Å². The minimum atomic E-state index is -0.451. The van der Waals surface area contributed by atoms with Crippen molar-refractivity contribution in [3.8, 4) is 0 Å². The first-order valence-corrected chi connectivity index (χ1v) is 6.10. The van der Waals surface area contributed by atoms with E-state index in [4.69, 9.17) is 4.74 Å². The zero-order chi connectivity index (χ0) is 14.4. The van der Waals surface area contributed by atoms with Gasteiger partial charge in [0.25, 0.3) is 5.69 Å². The number of rotatable bonds is 6. The maximum atomic E-state index is 11.6. The van der Waals surface area contributed by atoms with Crippen molar-refractivity contribution < 1.29 is 14.5 Å². The molecule has 1 rings (SSSR count). The summed E-state index contributed by atoms with van der Waals surface area (Å²) in [5.74, 6) is -0.270. The Kier molecular flexibility index (Phi) is 5.44. The van der Waals surface area contributed by atoms with Crippen LogP contribution in [-0.4, -0.2) is 23.5 Å². The van der Waals surface area contributed by atoms with Crippen LogP contribution in [0.15, 0.2) is 18.2 Å². The molecule has 0 radical (unpaired) electrons. The fourth-order valence-corrected chi connectivity index (χ4v) is 1.47. The van der Waals surface area contributed by atoms with E-state index >= 15 is 0 Å². The lowest BCUT2D eigenvalue weighted by Crippen LogP contribution is -2.21. The molecule has 0 bridgehead atoms. The molecular weight excluding hydrogens is 248 g/mol. The molecule has 104 valence electrons. The number of aryl methyl sites for hydroxylation is 1. The Labute approximate surface area is 111 Å². The molecule has 19 heavy (non-hydrogen) atoms. The third kappa shape index (κ3) is 4.67. The van der Waals surface area contributed by atoms with Gasteiger partial charge in [0.15, 0.2) is 0 Å². The number of nitrogens with one attached hydrogen (secondary N) is 1. The van der Waals surface area contributed by atoms with Gasteiger partial charge in [-0.15, -0.1) is 0 Å². The van der Waals surface area contributed by atoms with Crippen LogP contribution < -0.4 is 5.32 Å². The molecule has 0 aromatic heterocycles. The van der Waals surface area contributed by atoms with Gasteiger partial charge in [0.05, 0.1) is 11.0 Å². The molecule has 0 aliphatic rings. The molecule has 1 amide bonds. The van der Waals surface area contributed by atoms with Crippen molar-refractivity contribution in [2.75, 3.05) is 11.9 Å². The smallest absolute Gasteiger partial charge is 0.272 e. The van der Waals surface area contributed by atoms with E-state index in [0.717, 1.165) is 6.42 Å². The van der Waals surface area contributed by atoms with Gasteiger partial charge in [0.1, 0.15) is 6.61 Å². The van der Waals surface area contributed by atoms with Crippen LogP contribution in [0.2, 0.25) is 0 Å². The first-order valence-electron chi connectivity index (χ1n) is 6.10. The summed E-state index contributed by atoms with van der Waals surface area (Å²) >= 11 is 0. The van der Waals surface area contributed by atoms with Crippen molar-refractivity contribution in [3.63, 3.8) is 0 Å². The molecule has 0 aliphatic carbocycles. The van der Waals surface area contributed by atoms with E-state index in [-0.39, 0.29) is 24.3 Å². The van der Waals surface area contributed by atoms with Gasteiger partial charge in [-0.05, 0) is 32.4 Å². The lowest BCUT2D eigenvalue weighted by Gasteiger charge is -2.11. The Morgan fingerprint density at radius 2 is 2.21 bits per heavy atom. The summed E-state index contributed by atoms with van der Waals surface area (Å²) in [6, 6.07) is 4.45. The van der Waals surface area contributed by atoms with Gasteiger partial charge in [-0.1, -0.05) is 6.92 Å². The molecule has 0 aliphatic heterocycles. The highest BCUT2D eigenvalue weighted by molar-refractivity contribution is 5.91. The van der Waals surface area contributed by atoms with E-state index < -0.39 is 4.92 Å². The second-order valence-electron chi connectivity index (χ2n) is 4.34. The number of hydrogen-bond donors (Lipinski definition) is 1. The number of nitrogens with zero attached hydrogens (tertiary/aromatic N) is 1. The van der Waals surface area contributed by atoms with Crippen LogP contribution >= 0.6 is 0 Å². The van der Waals surface area contributed by atoms with E-state index in [2.05, 4.69) is 5.32 Å². The largest absolute Gasteiger partial charge is 0.369 e. The molecule has 0 fully saturated rings. The van der Waals surface area contributed by atoms with Gasteiger partial charge in [-0.25, -0.2) is 0 Å². The van der Waals surface area contributed by atoms with Crippen molar-refractivity contribution >= 4 is 17.3 Å². The van der Waals surface area contributed by atoms with Crippen molar-refractivity contribution in [2.24, 2.45) is 0 Å². The van der Waals surface area contributed by atoms with Gasteiger partial charge >= 0.3 is 0 Å². The first-order chi connectivity index (χ1) is 8.93. The third-order valence-corrected chi connectivity index (χ3v) is 2.75. The second kappa shape index (κ2) is 6.84. The number of nitro benzene ring substituents is 1. The predicted octanol–water partition coefficient (Wildman–Crippen LogP) is 2.66. The van der Waals surface area contributed by atoms with Crippen molar-refractivity contribution in [2.45, 2.75) is 33.3 Å². The molecule has 1 aromatic carbocycles. The van der Waals surface area contributed by atoms with Crippen LogP contribution in [0, 0.1) is 17.0 Å². The second-order valence-corrected chi connectivity index (χ2v) is 4.34. The number of ether oxygens (including phenoxy) is 1. The number of nitro groups is 1. The summed E-state index contributed by atoms with van der Waals surface area (Å²) in [4.78, 5) is 21.8. The van der Waals surface area contributed by atoms with Crippen molar-refractivity contribution in [3.05, 3.63) is 33.9 Å². The number of anilines is 1. The number of hydrogen-bond acceptors (Lipinski definition) is 4. The average Bonchev–Trinajstić information content (AvgIpc) is 2.35. The molecule has 1 aromatic rings. The Morgan fingerprint density at radius 1 is 1.53 bits per heavy atom. The third-order valence-electron chi connectivity index (χ3n) is 2.75. The highest BCUT2D eigenvalue weighted by Gasteiger charge is 2.11. The topological polar surface area (TPSA) is 81.5 Å². The maximum Gasteiger partial charge on any atom is 0.272 e. The van der Waals surface area contributed by atoms with Gasteiger partial charge in [-0.2, -0.15) is 0 Å². The molecule has 6 heteroatoms. The lowest BCUT2D eigenvalue weighted by molar-refractivity contribution is -0.385. The summed E-state index contributed by atoms with van der Waals surface area (Å²) in [6.07, 6.45) is 0.869. The lowest BCUT2D eigenvalue weighted by atomic mass is 10.2. The van der Waals surface area contributed by atoms with E-state index in [9.17, 15) is 14.9 Å². The monoisotopic (exact) mass is 266 g/mol. The highest BCUT2D eigenvalue weighted by Crippen LogP contribution is 2.21. The Morgan fingerprint density at radius 3 is 2.74 bits per heavy atom. The molecule has 0 unspecified atom stereocenters. The fraction of sp³-hybridized carbons (Fsp3) is 0.462.